The van der Waals surface area contributed by atoms with Crippen molar-refractivity contribution in [3.8, 4) is 0 Å². The molecule has 6 nitrogen and oxygen atoms in total. The van der Waals surface area contributed by atoms with E-state index in [1.54, 1.807) is 0 Å². The van der Waals surface area contributed by atoms with Crippen LogP contribution in [0.15, 0.2) is 0 Å². The highest BCUT2D eigenvalue weighted by molar-refractivity contribution is 4.91. The van der Waals surface area contributed by atoms with Gasteiger partial charge in [-0.05, 0) is 0 Å². The number of hydrogen-bond donors (Lipinski definition) is 4. The van der Waals surface area contributed by atoms with E-state index < -0.39 is 30.6 Å². The van der Waals surface area contributed by atoms with Crippen LogP contribution in [0, 0.1) is 0 Å². The van der Waals surface area contributed by atoms with Gasteiger partial charge in [0.05, 0.1) is 12.6 Å². The van der Waals surface area contributed by atoms with E-state index in [0.717, 1.165) is 0 Å². The first kappa shape index (κ1) is 10.8. The highest BCUT2D eigenvalue weighted by Crippen LogP contribution is 2.19. The molecule has 5 N–H and O–H groups in total. The van der Waals surface area contributed by atoms with Crippen LogP contribution < -0.4 is 5.73 Å². The van der Waals surface area contributed by atoms with E-state index in [0.29, 0.717) is 0 Å². The van der Waals surface area contributed by atoms with Crippen LogP contribution in [0.5, 0.6) is 0 Å². The van der Waals surface area contributed by atoms with E-state index in [4.69, 9.17) is 20.3 Å². The Balaban J connectivity index is 2.66. The van der Waals surface area contributed by atoms with Crippen LogP contribution in [0.1, 0.15) is 0 Å². The maximum atomic E-state index is 9.40. The van der Waals surface area contributed by atoms with Gasteiger partial charge in [-0.25, -0.2) is 0 Å². The summed E-state index contributed by atoms with van der Waals surface area (Å²) in [6, 6.07) is -0.803. The molecule has 3 unspecified atom stereocenters. The summed E-state index contributed by atoms with van der Waals surface area (Å²) in [6.07, 6.45) is -3.96. The topological polar surface area (TPSA) is 105 Å². The average Bonchev–Trinajstić information content (AvgIpc) is 2.15. The summed E-state index contributed by atoms with van der Waals surface area (Å²) in [4.78, 5) is 0. The van der Waals surface area contributed by atoms with Crippen molar-refractivity contribution in [2.45, 2.75) is 30.6 Å². The third-order valence-corrected chi connectivity index (χ3v) is 2.16. The smallest absolute Gasteiger partial charge is 0.175 e. The molecule has 13 heavy (non-hydrogen) atoms. The van der Waals surface area contributed by atoms with E-state index in [9.17, 15) is 10.2 Å². The van der Waals surface area contributed by atoms with Gasteiger partial charge in [-0.3, -0.25) is 0 Å². The standard InChI is InChI=1S/C7H15NO5/c1-12-7-4(8)6(11)5(10)3(2-9)13-7/h3-7,9-11H,2,8H2,1H3/t3?,4?,5-,6-,7?/m1/s1. The minimum absolute atomic E-state index is 0.384. The lowest BCUT2D eigenvalue weighted by Gasteiger charge is -2.39. The predicted octanol–water partition coefficient (Wildman–Crippen LogP) is -2.60. The van der Waals surface area contributed by atoms with Crippen LogP contribution in [0.3, 0.4) is 0 Å². The van der Waals surface area contributed by atoms with Gasteiger partial charge in [-0.2, -0.15) is 0 Å². The van der Waals surface area contributed by atoms with Gasteiger partial charge in [0.15, 0.2) is 6.29 Å². The van der Waals surface area contributed by atoms with Crippen molar-refractivity contribution in [1.29, 1.82) is 0 Å². The summed E-state index contributed by atoms with van der Waals surface area (Å²) >= 11 is 0. The molecule has 5 atom stereocenters. The van der Waals surface area contributed by atoms with Gasteiger partial charge in [-0.1, -0.05) is 0 Å². The Morgan fingerprint density at radius 1 is 1.38 bits per heavy atom. The molecule has 0 aromatic carbocycles. The molecule has 0 aliphatic carbocycles. The van der Waals surface area contributed by atoms with Gasteiger partial charge in [-0.15, -0.1) is 0 Å². The zero-order valence-corrected chi connectivity index (χ0v) is 7.33. The fourth-order valence-corrected chi connectivity index (χ4v) is 1.32. The fraction of sp³-hybridized carbons (Fsp3) is 1.00. The summed E-state index contributed by atoms with van der Waals surface area (Å²) < 4.78 is 9.90. The quantitative estimate of drug-likeness (QED) is 0.383. The molecule has 1 heterocycles. The molecule has 78 valence electrons. The number of aliphatic hydroxyl groups is 3. The van der Waals surface area contributed by atoms with Gasteiger partial charge >= 0.3 is 0 Å². The van der Waals surface area contributed by atoms with Gasteiger partial charge in [0.1, 0.15) is 18.3 Å². The van der Waals surface area contributed by atoms with Crippen LogP contribution >= 0.6 is 0 Å². The van der Waals surface area contributed by atoms with E-state index in [2.05, 4.69) is 0 Å². The van der Waals surface area contributed by atoms with Crippen molar-refractivity contribution in [2.24, 2.45) is 5.73 Å². The first-order chi connectivity index (χ1) is 6.11. The SMILES string of the molecule is COC1OC(CO)[C@@H](O)[C@H](O)C1N. The Bertz CT molecular complexity index is 147. The van der Waals surface area contributed by atoms with Crippen molar-refractivity contribution in [3.05, 3.63) is 0 Å². The summed E-state index contributed by atoms with van der Waals surface area (Å²) in [7, 11) is 1.38. The van der Waals surface area contributed by atoms with Gasteiger partial charge < -0.3 is 30.5 Å². The molecular formula is C7H15NO5. The zero-order valence-electron chi connectivity index (χ0n) is 7.33. The Kier molecular flexibility index (Phi) is 3.60. The van der Waals surface area contributed by atoms with E-state index in [1.165, 1.54) is 7.11 Å². The van der Waals surface area contributed by atoms with E-state index in [-0.39, 0.29) is 6.61 Å². The summed E-state index contributed by atoms with van der Waals surface area (Å²) in [5.41, 5.74) is 5.50. The molecule has 1 rings (SSSR count). The molecule has 1 fully saturated rings. The van der Waals surface area contributed by atoms with Crippen molar-refractivity contribution >= 4 is 0 Å². The third kappa shape index (κ3) is 1.98. The number of rotatable bonds is 2. The zero-order chi connectivity index (χ0) is 10.0. The summed E-state index contributed by atoms with van der Waals surface area (Å²) in [6.45, 7) is -0.384. The second kappa shape index (κ2) is 4.32. The van der Waals surface area contributed by atoms with Crippen molar-refractivity contribution in [1.82, 2.24) is 0 Å². The molecule has 6 heteroatoms. The van der Waals surface area contributed by atoms with Crippen LogP contribution in [-0.4, -0.2) is 59.7 Å². The molecule has 0 spiro atoms. The van der Waals surface area contributed by atoms with Crippen molar-refractivity contribution in [2.75, 3.05) is 13.7 Å². The molecule has 0 radical (unpaired) electrons. The Hall–Kier alpha value is -0.240. The Morgan fingerprint density at radius 2 is 2.00 bits per heavy atom. The maximum Gasteiger partial charge on any atom is 0.175 e. The minimum atomic E-state index is -1.17. The van der Waals surface area contributed by atoms with Crippen LogP contribution in [-0.2, 0) is 9.47 Å². The van der Waals surface area contributed by atoms with Gasteiger partial charge in [0.25, 0.3) is 0 Å². The normalized spacial score (nSPS) is 46.4. The van der Waals surface area contributed by atoms with E-state index in [1.807, 2.05) is 0 Å². The molecule has 0 saturated carbocycles. The summed E-state index contributed by atoms with van der Waals surface area (Å²) in [5.74, 6) is 0. The fourth-order valence-electron chi connectivity index (χ4n) is 1.32. The molecule has 1 aliphatic heterocycles. The van der Waals surface area contributed by atoms with Crippen LogP contribution in [0.2, 0.25) is 0 Å². The average molecular weight is 193 g/mol. The first-order valence-electron chi connectivity index (χ1n) is 4.02. The second-order valence-electron chi connectivity index (χ2n) is 3.02. The molecule has 0 bridgehead atoms. The number of nitrogens with two attached hydrogens (primary N) is 1. The van der Waals surface area contributed by atoms with Gasteiger partial charge in [0.2, 0.25) is 0 Å². The minimum Gasteiger partial charge on any atom is -0.394 e. The number of methoxy groups -OCH3 is 1. The lowest BCUT2D eigenvalue weighted by atomic mass is 9.98. The highest BCUT2D eigenvalue weighted by atomic mass is 16.7. The number of ether oxygens (including phenoxy) is 2. The number of aliphatic hydroxyl groups excluding tert-OH is 3. The van der Waals surface area contributed by atoms with Crippen molar-refractivity contribution < 1.29 is 24.8 Å². The molecular weight excluding hydrogens is 178 g/mol. The Labute approximate surface area is 75.9 Å². The second-order valence-corrected chi connectivity index (χ2v) is 3.02. The maximum absolute atomic E-state index is 9.40. The Morgan fingerprint density at radius 3 is 2.46 bits per heavy atom. The molecule has 0 amide bonds. The molecule has 0 aromatic heterocycles. The summed E-state index contributed by atoms with van der Waals surface area (Å²) in [5, 5.41) is 27.5. The highest BCUT2D eigenvalue weighted by Gasteiger charge is 2.42. The van der Waals surface area contributed by atoms with Crippen LogP contribution in [0.25, 0.3) is 0 Å². The lowest BCUT2D eigenvalue weighted by Crippen LogP contribution is -2.62. The van der Waals surface area contributed by atoms with Crippen molar-refractivity contribution in [3.63, 3.8) is 0 Å². The lowest BCUT2D eigenvalue weighted by molar-refractivity contribution is -0.257. The molecule has 1 saturated heterocycles. The first-order valence-corrected chi connectivity index (χ1v) is 4.02. The molecule has 0 aromatic rings. The van der Waals surface area contributed by atoms with E-state index >= 15 is 0 Å². The third-order valence-electron chi connectivity index (χ3n) is 2.16. The van der Waals surface area contributed by atoms with Gasteiger partial charge in [0, 0.05) is 7.11 Å². The molecule has 1 aliphatic rings. The number of hydrogen-bond acceptors (Lipinski definition) is 6. The van der Waals surface area contributed by atoms with Crippen LogP contribution in [0.4, 0.5) is 0 Å². The largest absolute Gasteiger partial charge is 0.394 e. The monoisotopic (exact) mass is 193 g/mol. The predicted molar refractivity (Wildman–Crippen MR) is 42.7 cm³/mol.